The maximum absolute atomic E-state index is 13.5. The van der Waals surface area contributed by atoms with Crippen molar-refractivity contribution in [3.8, 4) is 0 Å². The van der Waals surface area contributed by atoms with Crippen molar-refractivity contribution in [2.75, 3.05) is 13.1 Å². The van der Waals surface area contributed by atoms with E-state index in [0.29, 0.717) is 5.56 Å². The van der Waals surface area contributed by atoms with Gasteiger partial charge in [-0.15, -0.1) is 0 Å². The molecule has 0 atom stereocenters. The zero-order valence-corrected chi connectivity index (χ0v) is 11.3. The third-order valence-electron chi connectivity index (χ3n) is 3.62. The van der Waals surface area contributed by atoms with Crippen molar-refractivity contribution in [2.24, 2.45) is 5.73 Å². The van der Waals surface area contributed by atoms with Gasteiger partial charge in [-0.05, 0) is 49.7 Å². The van der Waals surface area contributed by atoms with Gasteiger partial charge in [-0.2, -0.15) is 0 Å². The van der Waals surface area contributed by atoms with E-state index in [2.05, 4.69) is 4.90 Å². The van der Waals surface area contributed by atoms with E-state index >= 15 is 0 Å². The molecular formula is C15H22FN3. The molecule has 1 aliphatic heterocycles. The summed E-state index contributed by atoms with van der Waals surface area (Å²) in [5.41, 5.74) is 6.82. The molecule has 104 valence electrons. The summed E-state index contributed by atoms with van der Waals surface area (Å²) in [6, 6.07) is 4.69. The minimum atomic E-state index is -0.310. The number of amidine groups is 1. The van der Waals surface area contributed by atoms with Crippen molar-refractivity contribution >= 4 is 5.84 Å². The third-order valence-corrected chi connectivity index (χ3v) is 3.62. The Hall–Kier alpha value is -1.42. The predicted molar refractivity (Wildman–Crippen MR) is 75.8 cm³/mol. The Balaban J connectivity index is 2.06. The SMILES string of the molecule is N=C(N)c1cc(F)cc(CN2CCCCCCC2)c1. The summed E-state index contributed by atoms with van der Waals surface area (Å²) in [7, 11) is 0. The first-order chi connectivity index (χ1) is 9.15. The lowest BCUT2D eigenvalue weighted by Gasteiger charge is -2.24. The van der Waals surface area contributed by atoms with Crippen LogP contribution >= 0.6 is 0 Å². The van der Waals surface area contributed by atoms with E-state index in [-0.39, 0.29) is 11.7 Å². The van der Waals surface area contributed by atoms with Crippen LogP contribution in [-0.2, 0) is 6.54 Å². The smallest absolute Gasteiger partial charge is 0.124 e. The monoisotopic (exact) mass is 263 g/mol. The Labute approximate surface area is 114 Å². The van der Waals surface area contributed by atoms with Gasteiger partial charge in [0.05, 0.1) is 0 Å². The lowest BCUT2D eigenvalue weighted by Crippen LogP contribution is -2.27. The van der Waals surface area contributed by atoms with Gasteiger partial charge >= 0.3 is 0 Å². The molecule has 0 spiro atoms. The van der Waals surface area contributed by atoms with E-state index in [4.69, 9.17) is 11.1 Å². The molecule has 1 aromatic carbocycles. The second-order valence-corrected chi connectivity index (χ2v) is 5.31. The van der Waals surface area contributed by atoms with Gasteiger partial charge < -0.3 is 5.73 Å². The lowest BCUT2D eigenvalue weighted by atomic mass is 10.1. The normalized spacial score (nSPS) is 17.7. The van der Waals surface area contributed by atoms with E-state index < -0.39 is 0 Å². The molecule has 3 N–H and O–H groups in total. The molecule has 0 aromatic heterocycles. The fourth-order valence-electron chi connectivity index (χ4n) is 2.63. The standard InChI is InChI=1S/C15H22FN3/c16-14-9-12(8-13(10-14)15(17)18)11-19-6-4-2-1-3-5-7-19/h8-10H,1-7,11H2,(H3,17,18). The fourth-order valence-corrected chi connectivity index (χ4v) is 2.63. The van der Waals surface area contributed by atoms with Crippen LogP contribution in [-0.4, -0.2) is 23.8 Å². The van der Waals surface area contributed by atoms with Gasteiger partial charge in [0.15, 0.2) is 0 Å². The number of nitrogens with one attached hydrogen (secondary N) is 1. The second kappa shape index (κ2) is 6.66. The van der Waals surface area contributed by atoms with Gasteiger partial charge in [-0.25, -0.2) is 4.39 Å². The van der Waals surface area contributed by atoms with Crippen molar-refractivity contribution in [1.82, 2.24) is 4.90 Å². The Morgan fingerprint density at radius 2 is 1.74 bits per heavy atom. The highest BCUT2D eigenvalue weighted by Gasteiger charge is 2.10. The van der Waals surface area contributed by atoms with E-state index in [1.165, 1.54) is 38.2 Å². The molecule has 19 heavy (non-hydrogen) atoms. The van der Waals surface area contributed by atoms with E-state index in [0.717, 1.165) is 25.2 Å². The number of nitrogens with zero attached hydrogens (tertiary/aromatic N) is 1. The molecule has 3 nitrogen and oxygen atoms in total. The van der Waals surface area contributed by atoms with Crippen molar-refractivity contribution in [3.05, 3.63) is 35.1 Å². The molecule has 1 aromatic rings. The van der Waals surface area contributed by atoms with Gasteiger partial charge in [-0.1, -0.05) is 19.3 Å². The second-order valence-electron chi connectivity index (χ2n) is 5.31. The Kier molecular flexibility index (Phi) is 4.91. The number of rotatable bonds is 3. The van der Waals surface area contributed by atoms with Crippen LogP contribution in [0.5, 0.6) is 0 Å². The van der Waals surface area contributed by atoms with Crippen molar-refractivity contribution < 1.29 is 4.39 Å². The van der Waals surface area contributed by atoms with Crippen LogP contribution in [0.1, 0.15) is 43.2 Å². The molecule has 4 heteroatoms. The number of halogens is 1. The van der Waals surface area contributed by atoms with Crippen LogP contribution < -0.4 is 5.73 Å². The van der Waals surface area contributed by atoms with Crippen LogP contribution in [0.25, 0.3) is 0 Å². The van der Waals surface area contributed by atoms with E-state index in [1.807, 2.05) is 6.07 Å². The average molecular weight is 263 g/mol. The lowest BCUT2D eigenvalue weighted by molar-refractivity contribution is 0.239. The summed E-state index contributed by atoms with van der Waals surface area (Å²) in [6.07, 6.45) is 6.35. The van der Waals surface area contributed by atoms with Gasteiger partial charge in [0, 0.05) is 12.1 Å². The zero-order chi connectivity index (χ0) is 13.7. The molecule has 1 fully saturated rings. The molecule has 0 unspecified atom stereocenters. The molecule has 0 saturated carbocycles. The minimum Gasteiger partial charge on any atom is -0.384 e. The Bertz CT molecular complexity index is 437. The Morgan fingerprint density at radius 1 is 1.11 bits per heavy atom. The predicted octanol–water partition coefficient (Wildman–Crippen LogP) is 2.88. The highest BCUT2D eigenvalue weighted by Crippen LogP contribution is 2.15. The number of likely N-dealkylation sites (tertiary alicyclic amines) is 1. The molecule has 0 aliphatic carbocycles. The molecule has 1 aliphatic rings. The highest BCUT2D eigenvalue weighted by molar-refractivity contribution is 5.95. The average Bonchev–Trinajstić information content (AvgIpc) is 2.31. The summed E-state index contributed by atoms with van der Waals surface area (Å²) in [6.45, 7) is 2.90. The number of hydrogen-bond donors (Lipinski definition) is 2. The highest BCUT2D eigenvalue weighted by atomic mass is 19.1. The van der Waals surface area contributed by atoms with Crippen LogP contribution in [0.3, 0.4) is 0 Å². The quantitative estimate of drug-likeness (QED) is 0.651. The number of benzene rings is 1. The van der Waals surface area contributed by atoms with Crippen LogP contribution in [0.2, 0.25) is 0 Å². The molecule has 2 rings (SSSR count). The topological polar surface area (TPSA) is 53.1 Å². The zero-order valence-electron chi connectivity index (χ0n) is 11.3. The number of hydrogen-bond acceptors (Lipinski definition) is 2. The van der Waals surface area contributed by atoms with Gasteiger partial charge in [0.2, 0.25) is 0 Å². The van der Waals surface area contributed by atoms with Crippen LogP contribution in [0.4, 0.5) is 4.39 Å². The van der Waals surface area contributed by atoms with E-state index in [9.17, 15) is 4.39 Å². The summed E-state index contributed by atoms with van der Waals surface area (Å²) in [4.78, 5) is 2.37. The summed E-state index contributed by atoms with van der Waals surface area (Å²) in [5.74, 6) is -0.386. The molecule has 1 heterocycles. The number of nitrogen functional groups attached to an aromatic ring is 1. The van der Waals surface area contributed by atoms with Crippen molar-refractivity contribution in [3.63, 3.8) is 0 Å². The van der Waals surface area contributed by atoms with Gasteiger partial charge in [-0.3, -0.25) is 10.3 Å². The largest absolute Gasteiger partial charge is 0.384 e. The first kappa shape index (κ1) is 14.0. The fraction of sp³-hybridized carbons (Fsp3) is 0.533. The van der Waals surface area contributed by atoms with Gasteiger partial charge in [0.1, 0.15) is 11.7 Å². The minimum absolute atomic E-state index is 0.0755. The third kappa shape index (κ3) is 4.31. The molecule has 1 saturated heterocycles. The van der Waals surface area contributed by atoms with Crippen molar-refractivity contribution in [1.29, 1.82) is 5.41 Å². The van der Waals surface area contributed by atoms with E-state index in [1.54, 1.807) is 6.07 Å². The first-order valence-electron chi connectivity index (χ1n) is 7.01. The summed E-state index contributed by atoms with van der Waals surface area (Å²) < 4.78 is 13.5. The molecular weight excluding hydrogens is 241 g/mol. The van der Waals surface area contributed by atoms with Crippen LogP contribution in [0.15, 0.2) is 18.2 Å². The number of nitrogens with two attached hydrogens (primary N) is 1. The molecule has 0 amide bonds. The first-order valence-corrected chi connectivity index (χ1v) is 7.01. The maximum Gasteiger partial charge on any atom is 0.124 e. The summed E-state index contributed by atoms with van der Waals surface area (Å²) >= 11 is 0. The molecule has 0 bridgehead atoms. The van der Waals surface area contributed by atoms with Crippen molar-refractivity contribution in [2.45, 2.75) is 38.6 Å². The maximum atomic E-state index is 13.5. The van der Waals surface area contributed by atoms with Crippen LogP contribution in [0, 0.1) is 11.2 Å². The summed E-state index contributed by atoms with van der Waals surface area (Å²) in [5, 5.41) is 7.41. The van der Waals surface area contributed by atoms with Gasteiger partial charge in [0.25, 0.3) is 0 Å². The Morgan fingerprint density at radius 3 is 2.37 bits per heavy atom. The molecule has 0 radical (unpaired) electrons.